The molecule has 1 heterocycles. The number of halogens is 1. The van der Waals surface area contributed by atoms with Gasteiger partial charge >= 0.3 is 0 Å². The van der Waals surface area contributed by atoms with E-state index in [4.69, 9.17) is 11.6 Å². The van der Waals surface area contributed by atoms with Crippen molar-refractivity contribution in [2.24, 2.45) is 0 Å². The van der Waals surface area contributed by atoms with E-state index in [1.165, 1.54) is 30.4 Å². The van der Waals surface area contributed by atoms with Crippen LogP contribution in [0, 0.1) is 0 Å². The van der Waals surface area contributed by atoms with Gasteiger partial charge in [-0.25, -0.2) is 0 Å². The molecular weight excluding hydrogens is 244 g/mol. The average Bonchev–Trinajstić information content (AvgIpc) is 2.65. The summed E-state index contributed by atoms with van der Waals surface area (Å²) in [6.07, 6.45) is 3.73. The highest BCUT2D eigenvalue weighted by molar-refractivity contribution is 6.30. The number of rotatable bonds is 1. The van der Waals surface area contributed by atoms with Crippen LogP contribution in [0.4, 0.5) is 0 Å². The van der Waals surface area contributed by atoms with Gasteiger partial charge in [-0.3, -0.25) is 0 Å². The van der Waals surface area contributed by atoms with Crippen LogP contribution in [-0.2, 0) is 5.41 Å². The van der Waals surface area contributed by atoms with E-state index in [-0.39, 0.29) is 0 Å². The van der Waals surface area contributed by atoms with Crippen molar-refractivity contribution in [3.05, 3.63) is 34.3 Å². The van der Waals surface area contributed by atoms with Crippen molar-refractivity contribution in [2.75, 3.05) is 27.2 Å². The van der Waals surface area contributed by atoms with Gasteiger partial charge in [-0.15, -0.1) is 0 Å². The lowest BCUT2D eigenvalue weighted by Crippen LogP contribution is -2.38. The van der Waals surface area contributed by atoms with Gasteiger partial charge in [0.05, 0.1) is 0 Å². The fraction of sp³-hybridized carbons (Fsp3) is 0.600. The molecule has 2 nitrogen and oxygen atoms in total. The third-order valence-corrected chi connectivity index (χ3v) is 4.95. The Morgan fingerprint density at radius 1 is 1.28 bits per heavy atom. The maximum absolute atomic E-state index is 6.22. The first-order valence-electron chi connectivity index (χ1n) is 6.79. The zero-order valence-electron chi connectivity index (χ0n) is 11.2. The minimum Gasteiger partial charge on any atom is -0.317 e. The molecule has 3 rings (SSSR count). The highest BCUT2D eigenvalue weighted by Crippen LogP contribution is 2.51. The molecule has 1 fully saturated rings. The van der Waals surface area contributed by atoms with Gasteiger partial charge in [0.2, 0.25) is 0 Å². The van der Waals surface area contributed by atoms with Gasteiger partial charge in [0.1, 0.15) is 0 Å². The van der Waals surface area contributed by atoms with Crippen LogP contribution in [0.15, 0.2) is 18.2 Å². The van der Waals surface area contributed by atoms with E-state index in [1.807, 2.05) is 6.07 Å². The van der Waals surface area contributed by atoms with Gasteiger partial charge in [-0.05, 0) is 75.1 Å². The molecule has 18 heavy (non-hydrogen) atoms. The van der Waals surface area contributed by atoms with Gasteiger partial charge in [0.15, 0.2) is 0 Å². The maximum Gasteiger partial charge on any atom is 0.0409 e. The third kappa shape index (κ3) is 1.87. The van der Waals surface area contributed by atoms with Crippen molar-refractivity contribution in [3.8, 4) is 0 Å². The molecule has 0 aromatic heterocycles. The van der Waals surface area contributed by atoms with E-state index in [9.17, 15) is 0 Å². The van der Waals surface area contributed by atoms with Crippen LogP contribution in [-0.4, -0.2) is 32.1 Å². The number of benzene rings is 1. The Balaban J connectivity index is 2.07. The normalized spacial score (nSPS) is 25.7. The smallest absolute Gasteiger partial charge is 0.0409 e. The summed E-state index contributed by atoms with van der Waals surface area (Å²) in [4.78, 5) is 2.35. The van der Waals surface area contributed by atoms with E-state index >= 15 is 0 Å². The number of fused-ring (bicyclic) bond motifs is 2. The lowest BCUT2D eigenvalue weighted by atomic mass is 9.74. The summed E-state index contributed by atoms with van der Waals surface area (Å²) in [5.74, 6) is 0. The third-order valence-electron chi connectivity index (χ3n) is 4.71. The SMILES string of the molecule is CN(C)C1CC2(CCNCC2)c2cc(Cl)ccc21. The fourth-order valence-corrected chi connectivity index (χ4v) is 3.88. The standard InChI is InChI=1S/C15H21ClN2/c1-18(2)14-10-15(5-7-17-8-6-15)13-9-11(16)3-4-12(13)14/h3-4,9,14,17H,5-8,10H2,1-2H3. The first-order chi connectivity index (χ1) is 8.62. The Bertz CT molecular complexity index is 450. The van der Waals surface area contributed by atoms with Crippen LogP contribution in [0.1, 0.15) is 36.4 Å². The van der Waals surface area contributed by atoms with E-state index in [1.54, 1.807) is 0 Å². The van der Waals surface area contributed by atoms with E-state index in [0.29, 0.717) is 11.5 Å². The quantitative estimate of drug-likeness (QED) is 0.839. The summed E-state index contributed by atoms with van der Waals surface area (Å²) >= 11 is 6.22. The van der Waals surface area contributed by atoms with Gasteiger partial charge in [-0.1, -0.05) is 17.7 Å². The maximum atomic E-state index is 6.22. The number of nitrogens with zero attached hydrogens (tertiary/aromatic N) is 1. The summed E-state index contributed by atoms with van der Waals surface area (Å²) in [5, 5.41) is 4.36. The molecule has 2 aliphatic rings. The van der Waals surface area contributed by atoms with Gasteiger partial charge in [0.25, 0.3) is 0 Å². The highest BCUT2D eigenvalue weighted by Gasteiger charge is 2.44. The zero-order valence-corrected chi connectivity index (χ0v) is 11.9. The molecule has 98 valence electrons. The largest absolute Gasteiger partial charge is 0.317 e. The number of hydrogen-bond donors (Lipinski definition) is 1. The average molecular weight is 265 g/mol. The van der Waals surface area contributed by atoms with Crippen LogP contribution < -0.4 is 5.32 Å². The lowest BCUT2D eigenvalue weighted by Gasteiger charge is -2.35. The van der Waals surface area contributed by atoms with E-state index < -0.39 is 0 Å². The molecule has 0 radical (unpaired) electrons. The van der Waals surface area contributed by atoms with Gasteiger partial charge in [0, 0.05) is 11.1 Å². The molecule has 1 N–H and O–H groups in total. The molecule has 1 saturated heterocycles. The van der Waals surface area contributed by atoms with E-state index in [0.717, 1.165) is 18.1 Å². The van der Waals surface area contributed by atoms with Crippen molar-refractivity contribution in [1.29, 1.82) is 0 Å². The molecule has 0 bridgehead atoms. The second-order valence-electron chi connectivity index (χ2n) is 5.95. The molecule has 1 aromatic carbocycles. The van der Waals surface area contributed by atoms with Gasteiger partial charge < -0.3 is 10.2 Å². The molecule has 1 aliphatic carbocycles. The molecule has 1 aromatic rings. The number of nitrogens with one attached hydrogen (secondary N) is 1. The molecule has 1 aliphatic heterocycles. The highest BCUT2D eigenvalue weighted by atomic mass is 35.5. The van der Waals surface area contributed by atoms with Crippen molar-refractivity contribution in [1.82, 2.24) is 10.2 Å². The van der Waals surface area contributed by atoms with Crippen molar-refractivity contribution in [2.45, 2.75) is 30.7 Å². The Labute approximate surface area is 114 Å². The second kappa shape index (κ2) is 4.52. The predicted octanol–water partition coefficient (Wildman–Crippen LogP) is 2.97. The van der Waals surface area contributed by atoms with Crippen molar-refractivity contribution >= 4 is 11.6 Å². The van der Waals surface area contributed by atoms with Crippen LogP contribution in [0.25, 0.3) is 0 Å². The first-order valence-corrected chi connectivity index (χ1v) is 7.17. The Hall–Kier alpha value is -0.570. The molecule has 3 heteroatoms. The monoisotopic (exact) mass is 264 g/mol. The Kier molecular flexibility index (Phi) is 3.13. The number of piperidine rings is 1. The van der Waals surface area contributed by atoms with Gasteiger partial charge in [-0.2, -0.15) is 0 Å². The number of hydrogen-bond acceptors (Lipinski definition) is 2. The summed E-state index contributed by atoms with van der Waals surface area (Å²) < 4.78 is 0. The molecule has 0 amide bonds. The van der Waals surface area contributed by atoms with Crippen molar-refractivity contribution in [3.63, 3.8) is 0 Å². The predicted molar refractivity (Wildman–Crippen MR) is 76.3 cm³/mol. The fourth-order valence-electron chi connectivity index (χ4n) is 3.71. The van der Waals surface area contributed by atoms with Crippen LogP contribution >= 0.6 is 11.6 Å². The summed E-state index contributed by atoms with van der Waals surface area (Å²) in [5.41, 5.74) is 3.36. The minimum atomic E-state index is 0.362. The summed E-state index contributed by atoms with van der Waals surface area (Å²) in [6.45, 7) is 2.26. The second-order valence-corrected chi connectivity index (χ2v) is 6.38. The summed E-state index contributed by atoms with van der Waals surface area (Å²) in [6, 6.07) is 7.04. The van der Waals surface area contributed by atoms with Crippen LogP contribution in [0.3, 0.4) is 0 Å². The minimum absolute atomic E-state index is 0.362. The lowest BCUT2D eigenvalue weighted by molar-refractivity contribution is 0.223. The topological polar surface area (TPSA) is 15.3 Å². The molecular formula is C15H21ClN2. The summed E-state index contributed by atoms with van der Waals surface area (Å²) in [7, 11) is 4.37. The first kappa shape index (κ1) is 12.5. The van der Waals surface area contributed by atoms with Crippen LogP contribution in [0.2, 0.25) is 5.02 Å². The zero-order chi connectivity index (χ0) is 12.8. The van der Waals surface area contributed by atoms with Crippen molar-refractivity contribution < 1.29 is 0 Å². The van der Waals surface area contributed by atoms with Crippen LogP contribution in [0.5, 0.6) is 0 Å². The molecule has 1 atom stereocenters. The Morgan fingerprint density at radius 2 is 2.00 bits per heavy atom. The Morgan fingerprint density at radius 3 is 2.67 bits per heavy atom. The molecule has 1 unspecified atom stereocenters. The molecule has 0 saturated carbocycles. The molecule has 1 spiro atoms. The van der Waals surface area contributed by atoms with E-state index in [2.05, 4.69) is 36.4 Å².